The summed E-state index contributed by atoms with van der Waals surface area (Å²) >= 11 is 6.06. The van der Waals surface area contributed by atoms with Crippen molar-refractivity contribution in [3.05, 3.63) is 58.1 Å². The minimum Gasteiger partial charge on any atom is -0.496 e. The van der Waals surface area contributed by atoms with Crippen molar-refractivity contribution in [3.8, 4) is 11.5 Å². The molecular formula is C20H22ClNO3. The van der Waals surface area contributed by atoms with Gasteiger partial charge in [-0.2, -0.15) is 0 Å². The highest BCUT2D eigenvalue weighted by Crippen LogP contribution is 2.31. The molecule has 0 unspecified atom stereocenters. The maximum Gasteiger partial charge on any atom is 0.229 e. The average molecular weight is 360 g/mol. The lowest BCUT2D eigenvalue weighted by Crippen LogP contribution is -2.38. The molecule has 0 radical (unpaired) electrons. The minimum absolute atomic E-state index is 0.0641. The monoisotopic (exact) mass is 359 g/mol. The van der Waals surface area contributed by atoms with Crippen molar-refractivity contribution in [2.45, 2.75) is 19.9 Å². The molecule has 0 fully saturated rings. The summed E-state index contributed by atoms with van der Waals surface area (Å²) in [5.74, 6) is 1.47. The molecule has 0 aliphatic carbocycles. The smallest absolute Gasteiger partial charge is 0.229 e. The summed E-state index contributed by atoms with van der Waals surface area (Å²) in [5, 5.41) is 0.660. The van der Waals surface area contributed by atoms with Crippen LogP contribution < -0.4 is 9.47 Å². The molecule has 0 aromatic heterocycles. The number of carbonyl (C=O) groups excluding carboxylic acids is 1. The average Bonchev–Trinajstić information content (AvgIpc) is 2.60. The molecule has 132 valence electrons. The van der Waals surface area contributed by atoms with Crippen LogP contribution in [0.1, 0.15) is 16.7 Å². The Kier molecular flexibility index (Phi) is 5.19. The number of halogens is 1. The van der Waals surface area contributed by atoms with E-state index in [0.29, 0.717) is 24.6 Å². The Labute approximate surface area is 153 Å². The Morgan fingerprint density at radius 3 is 2.88 bits per heavy atom. The molecule has 0 N–H and O–H groups in total. The first-order valence-corrected chi connectivity index (χ1v) is 8.65. The van der Waals surface area contributed by atoms with Gasteiger partial charge in [-0.3, -0.25) is 4.79 Å². The van der Waals surface area contributed by atoms with E-state index in [4.69, 9.17) is 21.1 Å². The van der Waals surface area contributed by atoms with Crippen LogP contribution in [0.3, 0.4) is 0 Å². The lowest BCUT2D eigenvalue weighted by molar-refractivity contribution is -0.136. The fourth-order valence-electron chi connectivity index (χ4n) is 3.20. The van der Waals surface area contributed by atoms with Gasteiger partial charge in [-0.25, -0.2) is 0 Å². The third-order valence-corrected chi connectivity index (χ3v) is 4.73. The first-order valence-electron chi connectivity index (χ1n) is 8.27. The van der Waals surface area contributed by atoms with Gasteiger partial charge in [-0.05, 0) is 43.2 Å². The van der Waals surface area contributed by atoms with E-state index in [1.165, 1.54) is 0 Å². The number of nitrogens with zero attached hydrogens (tertiary/aromatic N) is 1. The van der Waals surface area contributed by atoms with Crippen molar-refractivity contribution in [1.82, 2.24) is 4.90 Å². The fourth-order valence-corrected chi connectivity index (χ4v) is 3.39. The highest BCUT2D eigenvalue weighted by Gasteiger charge is 2.28. The Morgan fingerprint density at radius 2 is 2.12 bits per heavy atom. The second kappa shape index (κ2) is 7.36. The third kappa shape index (κ3) is 3.90. The number of methoxy groups -OCH3 is 1. The zero-order valence-electron chi connectivity index (χ0n) is 14.7. The number of aryl methyl sites for hydroxylation is 1. The van der Waals surface area contributed by atoms with Crippen LogP contribution in [0.15, 0.2) is 36.4 Å². The summed E-state index contributed by atoms with van der Waals surface area (Å²) in [6.45, 7) is 2.92. The van der Waals surface area contributed by atoms with Gasteiger partial charge in [0.25, 0.3) is 0 Å². The summed E-state index contributed by atoms with van der Waals surface area (Å²) in [5.41, 5.74) is 3.12. The van der Waals surface area contributed by atoms with Crippen LogP contribution in [0.4, 0.5) is 0 Å². The Hall–Kier alpha value is -2.20. The standard InChI is InChI=1S/C20H22ClNO3/c1-13-4-6-18(24-3)15(8-13)11-22(2)20(23)16-9-14-10-17(21)5-7-19(14)25-12-16/h4-8,10,16H,9,11-12H2,1-3H3/t16-/m0/s1. The van der Waals surface area contributed by atoms with Gasteiger partial charge in [-0.15, -0.1) is 0 Å². The van der Waals surface area contributed by atoms with Gasteiger partial charge < -0.3 is 14.4 Å². The number of carbonyl (C=O) groups is 1. The molecule has 0 saturated heterocycles. The van der Waals surface area contributed by atoms with Crippen LogP contribution in [-0.4, -0.2) is 31.6 Å². The predicted octanol–water partition coefficient (Wildman–Crippen LogP) is 3.87. The molecule has 0 saturated carbocycles. The molecule has 2 aromatic carbocycles. The first-order chi connectivity index (χ1) is 12.0. The highest BCUT2D eigenvalue weighted by molar-refractivity contribution is 6.30. The molecular weight excluding hydrogens is 338 g/mol. The van der Waals surface area contributed by atoms with E-state index in [1.54, 1.807) is 18.1 Å². The summed E-state index contributed by atoms with van der Waals surface area (Å²) in [7, 11) is 3.46. The maximum atomic E-state index is 12.9. The lowest BCUT2D eigenvalue weighted by atomic mass is 9.95. The van der Waals surface area contributed by atoms with E-state index >= 15 is 0 Å². The van der Waals surface area contributed by atoms with Crippen LogP contribution in [0.2, 0.25) is 5.02 Å². The van der Waals surface area contributed by atoms with E-state index in [0.717, 1.165) is 28.2 Å². The minimum atomic E-state index is -0.202. The third-order valence-electron chi connectivity index (χ3n) is 4.50. The van der Waals surface area contributed by atoms with E-state index in [2.05, 4.69) is 6.07 Å². The van der Waals surface area contributed by atoms with E-state index in [9.17, 15) is 4.79 Å². The van der Waals surface area contributed by atoms with Gasteiger partial charge >= 0.3 is 0 Å². The zero-order chi connectivity index (χ0) is 18.0. The number of ether oxygens (including phenoxy) is 2. The normalized spacial score (nSPS) is 15.9. The Bertz CT molecular complexity index is 791. The van der Waals surface area contributed by atoms with Gasteiger partial charge in [-0.1, -0.05) is 29.3 Å². The fraction of sp³-hybridized carbons (Fsp3) is 0.350. The van der Waals surface area contributed by atoms with Crippen molar-refractivity contribution in [2.24, 2.45) is 5.92 Å². The van der Waals surface area contributed by atoms with Crippen LogP contribution in [-0.2, 0) is 17.8 Å². The van der Waals surface area contributed by atoms with Gasteiger partial charge in [0, 0.05) is 24.2 Å². The molecule has 1 amide bonds. The molecule has 0 bridgehead atoms. The number of amides is 1. The first kappa shape index (κ1) is 17.6. The molecule has 5 heteroatoms. The molecule has 25 heavy (non-hydrogen) atoms. The molecule has 3 rings (SSSR count). The van der Waals surface area contributed by atoms with Gasteiger partial charge in [0.15, 0.2) is 0 Å². The van der Waals surface area contributed by atoms with Crippen molar-refractivity contribution in [2.75, 3.05) is 20.8 Å². The summed E-state index contributed by atoms with van der Waals surface area (Å²) in [4.78, 5) is 14.6. The second-order valence-corrected chi connectivity index (χ2v) is 6.91. The number of fused-ring (bicyclic) bond motifs is 1. The number of rotatable bonds is 4. The van der Waals surface area contributed by atoms with Gasteiger partial charge in [0.2, 0.25) is 5.91 Å². The van der Waals surface area contributed by atoms with E-state index in [-0.39, 0.29) is 11.8 Å². The quantitative estimate of drug-likeness (QED) is 0.831. The van der Waals surface area contributed by atoms with E-state index < -0.39 is 0 Å². The van der Waals surface area contributed by atoms with Crippen LogP contribution in [0, 0.1) is 12.8 Å². The van der Waals surface area contributed by atoms with Crippen molar-refractivity contribution in [1.29, 1.82) is 0 Å². The van der Waals surface area contributed by atoms with Gasteiger partial charge in [0.1, 0.15) is 18.1 Å². The highest BCUT2D eigenvalue weighted by atomic mass is 35.5. The Balaban J connectivity index is 1.72. The molecule has 1 aliphatic heterocycles. The number of hydrogen-bond donors (Lipinski definition) is 0. The predicted molar refractivity (Wildman–Crippen MR) is 98.3 cm³/mol. The molecule has 2 aromatic rings. The van der Waals surface area contributed by atoms with E-state index in [1.807, 2.05) is 38.2 Å². The van der Waals surface area contributed by atoms with Crippen LogP contribution in [0.25, 0.3) is 0 Å². The molecule has 1 atom stereocenters. The maximum absolute atomic E-state index is 12.9. The van der Waals surface area contributed by atoms with Crippen molar-refractivity contribution >= 4 is 17.5 Å². The SMILES string of the molecule is COc1ccc(C)cc1CN(C)C(=O)[C@@H]1COc2ccc(Cl)cc2C1. The lowest BCUT2D eigenvalue weighted by Gasteiger charge is -2.28. The summed E-state index contributed by atoms with van der Waals surface area (Å²) in [6, 6.07) is 11.5. The number of hydrogen-bond acceptors (Lipinski definition) is 3. The second-order valence-electron chi connectivity index (χ2n) is 6.47. The molecule has 1 heterocycles. The van der Waals surface area contributed by atoms with Gasteiger partial charge in [0.05, 0.1) is 13.0 Å². The topological polar surface area (TPSA) is 38.8 Å². The molecule has 4 nitrogen and oxygen atoms in total. The zero-order valence-corrected chi connectivity index (χ0v) is 15.5. The molecule has 0 spiro atoms. The van der Waals surface area contributed by atoms with Crippen molar-refractivity contribution in [3.63, 3.8) is 0 Å². The summed E-state index contributed by atoms with van der Waals surface area (Å²) in [6.07, 6.45) is 0.643. The van der Waals surface area contributed by atoms with Crippen molar-refractivity contribution < 1.29 is 14.3 Å². The molecule has 1 aliphatic rings. The largest absolute Gasteiger partial charge is 0.496 e. The Morgan fingerprint density at radius 1 is 1.32 bits per heavy atom. The van der Waals surface area contributed by atoms with Crippen LogP contribution in [0.5, 0.6) is 11.5 Å². The summed E-state index contributed by atoms with van der Waals surface area (Å²) < 4.78 is 11.2. The number of benzene rings is 2. The van der Waals surface area contributed by atoms with Crippen LogP contribution >= 0.6 is 11.6 Å².